The number of pyridine rings is 1. The van der Waals surface area contributed by atoms with E-state index in [4.69, 9.17) is 4.74 Å². The quantitative estimate of drug-likeness (QED) is 0.576. The molecule has 0 radical (unpaired) electrons. The Morgan fingerprint density at radius 3 is 2.71 bits per heavy atom. The van der Waals surface area contributed by atoms with Crippen LogP contribution >= 0.6 is 0 Å². The monoisotopic (exact) mass is 425 g/mol. The van der Waals surface area contributed by atoms with Crippen LogP contribution in [0.4, 0.5) is 4.39 Å². The van der Waals surface area contributed by atoms with Crippen LogP contribution < -0.4 is 4.74 Å². The molecule has 0 spiro atoms. The molecule has 1 aromatic carbocycles. The van der Waals surface area contributed by atoms with Crippen molar-refractivity contribution in [2.24, 2.45) is 5.92 Å². The van der Waals surface area contributed by atoms with Gasteiger partial charge in [0.15, 0.2) is 0 Å². The molecule has 1 saturated carbocycles. The highest BCUT2D eigenvalue weighted by Gasteiger charge is 2.28. The fourth-order valence-electron chi connectivity index (χ4n) is 5.35. The first-order valence-electron chi connectivity index (χ1n) is 11.9. The van der Waals surface area contributed by atoms with E-state index in [9.17, 15) is 4.39 Å². The second kappa shape index (κ2) is 11.1. The average molecular weight is 426 g/mol. The van der Waals surface area contributed by atoms with Crippen molar-refractivity contribution >= 4 is 0 Å². The Hall–Kier alpha value is -1.98. The summed E-state index contributed by atoms with van der Waals surface area (Å²) in [5.41, 5.74) is 1.90. The van der Waals surface area contributed by atoms with Crippen molar-refractivity contribution in [3.63, 3.8) is 0 Å². The van der Waals surface area contributed by atoms with E-state index in [0.29, 0.717) is 18.2 Å². The maximum absolute atomic E-state index is 14.7. The third kappa shape index (κ3) is 6.27. The topological polar surface area (TPSA) is 28.6 Å². The predicted molar refractivity (Wildman–Crippen MR) is 122 cm³/mol. The number of nitrogens with zero attached hydrogens (tertiary/aromatic N) is 3. The lowest BCUT2D eigenvalue weighted by Crippen LogP contribution is -2.46. The molecule has 1 aliphatic heterocycles. The Balaban J connectivity index is 1.44. The van der Waals surface area contributed by atoms with Crippen molar-refractivity contribution in [1.82, 2.24) is 14.8 Å². The van der Waals surface area contributed by atoms with Gasteiger partial charge in [0.05, 0.1) is 7.11 Å². The third-order valence-corrected chi connectivity index (χ3v) is 6.94. The Morgan fingerprint density at radius 2 is 1.97 bits per heavy atom. The molecule has 168 valence electrons. The van der Waals surface area contributed by atoms with Gasteiger partial charge >= 0.3 is 0 Å². The number of hydrogen-bond donors (Lipinski definition) is 0. The van der Waals surface area contributed by atoms with Gasteiger partial charge in [-0.2, -0.15) is 0 Å². The van der Waals surface area contributed by atoms with Crippen LogP contribution in [0.2, 0.25) is 0 Å². The summed E-state index contributed by atoms with van der Waals surface area (Å²) in [6.45, 7) is 4.81. The van der Waals surface area contributed by atoms with Crippen molar-refractivity contribution in [2.75, 3.05) is 26.7 Å². The van der Waals surface area contributed by atoms with Crippen LogP contribution in [0.25, 0.3) is 0 Å². The molecule has 0 bridgehead atoms. The molecule has 0 N–H and O–H groups in total. The smallest absolute Gasteiger partial charge is 0.131 e. The minimum Gasteiger partial charge on any atom is -0.497 e. The van der Waals surface area contributed by atoms with Crippen LogP contribution in [-0.4, -0.2) is 47.6 Å². The molecule has 2 aliphatic rings. The lowest BCUT2D eigenvalue weighted by Gasteiger charge is -2.41. The number of methoxy groups -OCH3 is 1. The normalized spacial score (nSPS) is 20.8. The third-order valence-electron chi connectivity index (χ3n) is 6.94. The fraction of sp³-hybridized carbons (Fsp3) is 0.577. The first-order valence-corrected chi connectivity index (χ1v) is 11.9. The van der Waals surface area contributed by atoms with Gasteiger partial charge in [-0.15, -0.1) is 0 Å². The first-order chi connectivity index (χ1) is 15.2. The number of hydrogen-bond acceptors (Lipinski definition) is 4. The number of ether oxygens (including phenoxy) is 1. The SMILES string of the molecule is COc1ccc(CN(Cc2cccnc2)CC2CCCN(C3CCCCC3)C2)c(F)c1. The number of rotatable bonds is 8. The minimum absolute atomic E-state index is 0.192. The molecule has 2 aromatic rings. The van der Waals surface area contributed by atoms with Gasteiger partial charge in [0.2, 0.25) is 0 Å². The summed E-state index contributed by atoms with van der Waals surface area (Å²) in [7, 11) is 1.57. The van der Waals surface area contributed by atoms with E-state index < -0.39 is 0 Å². The summed E-state index contributed by atoms with van der Waals surface area (Å²) in [5.74, 6) is 1.01. The average Bonchev–Trinajstić information content (AvgIpc) is 2.82. The second-order valence-electron chi connectivity index (χ2n) is 9.28. The molecule has 1 saturated heterocycles. The summed E-state index contributed by atoms with van der Waals surface area (Å²) in [6, 6.07) is 10.1. The van der Waals surface area contributed by atoms with Crippen LogP contribution in [0.5, 0.6) is 5.75 Å². The highest BCUT2D eigenvalue weighted by molar-refractivity contribution is 5.29. The molecule has 0 amide bonds. The maximum Gasteiger partial charge on any atom is 0.131 e. The van der Waals surface area contributed by atoms with Crippen LogP contribution in [0, 0.1) is 11.7 Å². The molecule has 4 rings (SSSR count). The van der Waals surface area contributed by atoms with Gasteiger partial charge in [-0.25, -0.2) is 4.39 Å². The summed E-state index contributed by atoms with van der Waals surface area (Å²) >= 11 is 0. The molecule has 4 nitrogen and oxygen atoms in total. The van der Waals surface area contributed by atoms with E-state index in [1.165, 1.54) is 69.7 Å². The van der Waals surface area contributed by atoms with Crippen molar-refractivity contribution in [3.8, 4) is 5.75 Å². The zero-order valence-electron chi connectivity index (χ0n) is 18.8. The summed E-state index contributed by atoms with van der Waals surface area (Å²) in [4.78, 5) is 9.43. The van der Waals surface area contributed by atoms with Gasteiger partial charge < -0.3 is 9.64 Å². The molecule has 1 unspecified atom stereocenters. The second-order valence-corrected chi connectivity index (χ2v) is 9.28. The van der Waals surface area contributed by atoms with E-state index >= 15 is 0 Å². The molecule has 1 atom stereocenters. The van der Waals surface area contributed by atoms with E-state index in [1.54, 1.807) is 13.3 Å². The molecular formula is C26H36FN3O. The zero-order valence-corrected chi connectivity index (χ0v) is 18.8. The van der Waals surface area contributed by atoms with E-state index in [-0.39, 0.29) is 5.82 Å². The number of likely N-dealkylation sites (tertiary alicyclic amines) is 1. The van der Waals surface area contributed by atoms with Crippen LogP contribution in [0.15, 0.2) is 42.7 Å². The minimum atomic E-state index is -0.192. The van der Waals surface area contributed by atoms with Gasteiger partial charge in [0.25, 0.3) is 0 Å². The Labute approximate surface area is 186 Å². The standard InChI is InChI=1S/C26H36FN3O/c1-31-25-12-11-23(26(27)15-25)20-29(17-21-7-5-13-28-16-21)18-22-8-6-14-30(19-22)24-9-3-2-4-10-24/h5,7,11-13,15-16,22,24H,2-4,6,8-10,14,17-20H2,1H3. The fourth-order valence-corrected chi connectivity index (χ4v) is 5.35. The zero-order chi connectivity index (χ0) is 21.5. The van der Waals surface area contributed by atoms with Gasteiger partial charge in [-0.3, -0.25) is 9.88 Å². The van der Waals surface area contributed by atoms with Crippen LogP contribution in [-0.2, 0) is 13.1 Å². The van der Waals surface area contributed by atoms with Crippen molar-refractivity contribution in [1.29, 1.82) is 0 Å². The maximum atomic E-state index is 14.7. The van der Waals surface area contributed by atoms with Crippen molar-refractivity contribution in [3.05, 3.63) is 59.7 Å². The van der Waals surface area contributed by atoms with Gasteiger partial charge in [-0.05, 0) is 55.8 Å². The van der Waals surface area contributed by atoms with Crippen molar-refractivity contribution < 1.29 is 9.13 Å². The lowest BCUT2D eigenvalue weighted by atomic mass is 9.90. The lowest BCUT2D eigenvalue weighted by molar-refractivity contribution is 0.0769. The number of benzene rings is 1. The van der Waals surface area contributed by atoms with Gasteiger partial charge in [0, 0.05) is 56.2 Å². The Morgan fingerprint density at radius 1 is 1.10 bits per heavy atom. The Kier molecular flexibility index (Phi) is 7.92. The van der Waals surface area contributed by atoms with E-state index in [1.807, 2.05) is 24.4 Å². The first kappa shape index (κ1) is 22.2. The highest BCUT2D eigenvalue weighted by Crippen LogP contribution is 2.28. The summed E-state index contributed by atoms with van der Waals surface area (Å²) < 4.78 is 19.9. The molecule has 5 heteroatoms. The van der Waals surface area contributed by atoms with Crippen LogP contribution in [0.3, 0.4) is 0 Å². The molecule has 1 aromatic heterocycles. The van der Waals surface area contributed by atoms with E-state index in [0.717, 1.165) is 24.7 Å². The number of aromatic nitrogens is 1. The molecule has 31 heavy (non-hydrogen) atoms. The van der Waals surface area contributed by atoms with Crippen LogP contribution in [0.1, 0.15) is 56.1 Å². The van der Waals surface area contributed by atoms with Gasteiger partial charge in [0.1, 0.15) is 11.6 Å². The number of piperidine rings is 1. The molecule has 2 fully saturated rings. The largest absolute Gasteiger partial charge is 0.497 e. The summed E-state index contributed by atoms with van der Waals surface area (Å²) in [6.07, 6.45) is 13.2. The predicted octanol–water partition coefficient (Wildman–Crippen LogP) is 5.28. The Bertz CT molecular complexity index is 810. The van der Waals surface area contributed by atoms with Gasteiger partial charge in [-0.1, -0.05) is 31.4 Å². The van der Waals surface area contributed by atoms with Crippen molar-refractivity contribution in [2.45, 2.75) is 64.1 Å². The highest BCUT2D eigenvalue weighted by atomic mass is 19.1. The molecular weight excluding hydrogens is 389 g/mol. The molecule has 2 heterocycles. The van der Waals surface area contributed by atoms with E-state index in [2.05, 4.69) is 20.9 Å². The number of halogens is 1. The molecule has 1 aliphatic carbocycles. The summed E-state index contributed by atoms with van der Waals surface area (Å²) in [5, 5.41) is 0.